The molecule has 1 aliphatic carbocycles. The van der Waals surface area contributed by atoms with Crippen LogP contribution in [0.15, 0.2) is 24.3 Å². The second-order valence-electron chi connectivity index (χ2n) is 6.61. The molecule has 118 valence electrons. The molecule has 1 fully saturated rings. The SMILES string of the molecule is CCNC(c1ccccc1C(F)(F)F)C1CCCC1(C)C. The van der Waals surface area contributed by atoms with Crippen molar-refractivity contribution in [2.24, 2.45) is 11.3 Å². The van der Waals surface area contributed by atoms with Crippen LogP contribution >= 0.6 is 0 Å². The van der Waals surface area contributed by atoms with Crippen molar-refractivity contribution in [1.82, 2.24) is 5.32 Å². The summed E-state index contributed by atoms with van der Waals surface area (Å²) >= 11 is 0. The first-order valence-corrected chi connectivity index (χ1v) is 7.67. The maximum Gasteiger partial charge on any atom is 0.416 e. The minimum Gasteiger partial charge on any atom is -0.310 e. The lowest BCUT2D eigenvalue weighted by atomic mass is 9.74. The molecular formula is C17H24F3N. The summed E-state index contributed by atoms with van der Waals surface area (Å²) in [4.78, 5) is 0. The van der Waals surface area contributed by atoms with E-state index in [4.69, 9.17) is 0 Å². The van der Waals surface area contributed by atoms with Gasteiger partial charge in [-0.15, -0.1) is 0 Å². The fraction of sp³-hybridized carbons (Fsp3) is 0.647. The third-order valence-corrected chi connectivity index (χ3v) is 4.77. The molecule has 21 heavy (non-hydrogen) atoms. The van der Waals surface area contributed by atoms with E-state index in [1.807, 2.05) is 6.92 Å². The van der Waals surface area contributed by atoms with Crippen LogP contribution in [0.1, 0.15) is 57.2 Å². The zero-order valence-electron chi connectivity index (χ0n) is 12.9. The Morgan fingerprint density at radius 3 is 2.48 bits per heavy atom. The van der Waals surface area contributed by atoms with Gasteiger partial charge in [-0.1, -0.05) is 45.4 Å². The number of nitrogens with one attached hydrogen (secondary N) is 1. The average molecular weight is 299 g/mol. The topological polar surface area (TPSA) is 12.0 Å². The van der Waals surface area contributed by atoms with Gasteiger partial charge in [-0.05, 0) is 42.3 Å². The zero-order valence-corrected chi connectivity index (χ0v) is 12.9. The van der Waals surface area contributed by atoms with E-state index >= 15 is 0 Å². The number of hydrogen-bond acceptors (Lipinski definition) is 1. The highest BCUT2D eigenvalue weighted by Gasteiger charge is 2.43. The van der Waals surface area contributed by atoms with Crippen LogP contribution in [-0.4, -0.2) is 6.54 Å². The molecular weight excluding hydrogens is 275 g/mol. The maximum atomic E-state index is 13.3. The van der Waals surface area contributed by atoms with Gasteiger partial charge in [-0.25, -0.2) is 0 Å². The van der Waals surface area contributed by atoms with Crippen molar-refractivity contribution in [1.29, 1.82) is 0 Å². The molecule has 0 saturated heterocycles. The summed E-state index contributed by atoms with van der Waals surface area (Å²) in [6.45, 7) is 6.96. The Kier molecular flexibility index (Phi) is 4.66. The fourth-order valence-corrected chi connectivity index (χ4v) is 3.69. The summed E-state index contributed by atoms with van der Waals surface area (Å²) in [5.41, 5.74) is -0.0311. The first-order valence-electron chi connectivity index (χ1n) is 7.67. The highest BCUT2D eigenvalue weighted by molar-refractivity contribution is 5.33. The van der Waals surface area contributed by atoms with Gasteiger partial charge in [0.2, 0.25) is 0 Å². The molecule has 1 nitrogen and oxygen atoms in total. The van der Waals surface area contributed by atoms with Crippen LogP contribution in [0.3, 0.4) is 0 Å². The molecule has 2 atom stereocenters. The van der Waals surface area contributed by atoms with E-state index in [-0.39, 0.29) is 17.4 Å². The number of benzene rings is 1. The second-order valence-corrected chi connectivity index (χ2v) is 6.61. The van der Waals surface area contributed by atoms with Crippen molar-refractivity contribution in [2.45, 2.75) is 52.3 Å². The van der Waals surface area contributed by atoms with Crippen molar-refractivity contribution in [3.8, 4) is 0 Å². The predicted molar refractivity (Wildman–Crippen MR) is 79.0 cm³/mol. The zero-order chi connectivity index (χ0) is 15.7. The van der Waals surface area contributed by atoms with Gasteiger partial charge in [0.15, 0.2) is 0 Å². The molecule has 1 aliphatic rings. The highest BCUT2D eigenvalue weighted by Crippen LogP contribution is 2.50. The van der Waals surface area contributed by atoms with Gasteiger partial charge in [-0.2, -0.15) is 13.2 Å². The van der Waals surface area contributed by atoms with Gasteiger partial charge < -0.3 is 5.32 Å². The molecule has 0 heterocycles. The molecule has 0 bridgehead atoms. The molecule has 4 heteroatoms. The van der Waals surface area contributed by atoms with Crippen LogP contribution < -0.4 is 5.32 Å². The lowest BCUT2D eigenvalue weighted by Gasteiger charge is -2.36. The van der Waals surface area contributed by atoms with Crippen LogP contribution in [0.5, 0.6) is 0 Å². The average Bonchev–Trinajstić information content (AvgIpc) is 2.74. The number of hydrogen-bond donors (Lipinski definition) is 1. The summed E-state index contributed by atoms with van der Waals surface area (Å²) in [7, 11) is 0. The Labute approximate surface area is 124 Å². The van der Waals surface area contributed by atoms with E-state index in [2.05, 4.69) is 19.2 Å². The van der Waals surface area contributed by atoms with Crippen LogP contribution in [0.25, 0.3) is 0 Å². The summed E-state index contributed by atoms with van der Waals surface area (Å²) in [6, 6.07) is 5.77. The minimum absolute atomic E-state index is 0.0749. The fourth-order valence-electron chi connectivity index (χ4n) is 3.69. The molecule has 2 unspecified atom stereocenters. The van der Waals surface area contributed by atoms with E-state index in [9.17, 15) is 13.2 Å². The minimum atomic E-state index is -4.30. The maximum absolute atomic E-state index is 13.3. The van der Waals surface area contributed by atoms with E-state index < -0.39 is 11.7 Å². The van der Waals surface area contributed by atoms with Crippen molar-refractivity contribution < 1.29 is 13.2 Å². The lowest BCUT2D eigenvalue weighted by Crippen LogP contribution is -2.35. The number of alkyl halides is 3. The summed E-state index contributed by atoms with van der Waals surface area (Å²) in [6.07, 6.45) is -1.15. The second kappa shape index (κ2) is 5.99. The van der Waals surface area contributed by atoms with Crippen molar-refractivity contribution in [2.75, 3.05) is 6.54 Å². The Bertz CT molecular complexity index is 479. The Hall–Kier alpha value is -1.03. The quantitative estimate of drug-likeness (QED) is 0.807. The van der Waals surface area contributed by atoms with Gasteiger partial charge in [0.05, 0.1) is 5.56 Å². The molecule has 0 aliphatic heterocycles. The van der Waals surface area contributed by atoms with E-state index in [1.165, 1.54) is 12.1 Å². The first kappa shape index (κ1) is 16.3. The largest absolute Gasteiger partial charge is 0.416 e. The third-order valence-electron chi connectivity index (χ3n) is 4.77. The lowest BCUT2D eigenvalue weighted by molar-refractivity contribution is -0.138. The molecule has 1 saturated carbocycles. The van der Waals surface area contributed by atoms with E-state index in [1.54, 1.807) is 12.1 Å². The predicted octanol–water partition coefficient (Wildman–Crippen LogP) is 5.18. The van der Waals surface area contributed by atoms with Gasteiger partial charge in [-0.3, -0.25) is 0 Å². The van der Waals surface area contributed by atoms with Gasteiger partial charge in [0.1, 0.15) is 0 Å². The molecule has 0 amide bonds. The van der Waals surface area contributed by atoms with Gasteiger partial charge in [0.25, 0.3) is 0 Å². The first-order chi connectivity index (χ1) is 9.77. The molecule has 0 aromatic heterocycles. The van der Waals surface area contributed by atoms with Crippen LogP contribution in [0.4, 0.5) is 13.2 Å². The molecule has 2 rings (SSSR count). The van der Waals surface area contributed by atoms with Crippen LogP contribution in [0.2, 0.25) is 0 Å². The summed E-state index contributed by atoms with van der Waals surface area (Å²) < 4.78 is 39.9. The standard InChI is InChI=1S/C17H24F3N/c1-4-21-15(14-10-7-11-16(14,2)3)12-8-5-6-9-13(12)17(18,19)20/h5-6,8-9,14-15,21H,4,7,10-11H2,1-3H3. The van der Waals surface area contributed by atoms with E-state index in [0.29, 0.717) is 12.1 Å². The van der Waals surface area contributed by atoms with Crippen molar-refractivity contribution in [3.63, 3.8) is 0 Å². The third kappa shape index (κ3) is 3.42. The normalized spacial score (nSPS) is 23.2. The monoisotopic (exact) mass is 299 g/mol. The van der Waals surface area contributed by atoms with Crippen LogP contribution in [0, 0.1) is 11.3 Å². The molecule has 1 N–H and O–H groups in total. The highest BCUT2D eigenvalue weighted by atomic mass is 19.4. The Morgan fingerprint density at radius 2 is 1.95 bits per heavy atom. The van der Waals surface area contributed by atoms with E-state index in [0.717, 1.165) is 19.3 Å². The molecule has 0 radical (unpaired) electrons. The molecule has 1 aromatic rings. The smallest absolute Gasteiger partial charge is 0.310 e. The number of halogens is 3. The summed E-state index contributed by atoms with van der Waals surface area (Å²) in [5, 5.41) is 3.31. The van der Waals surface area contributed by atoms with Crippen molar-refractivity contribution in [3.05, 3.63) is 35.4 Å². The molecule has 1 aromatic carbocycles. The Morgan fingerprint density at radius 1 is 1.29 bits per heavy atom. The van der Waals surface area contributed by atoms with Crippen LogP contribution in [-0.2, 0) is 6.18 Å². The number of rotatable bonds is 4. The molecule has 0 spiro atoms. The van der Waals surface area contributed by atoms with Gasteiger partial charge >= 0.3 is 6.18 Å². The van der Waals surface area contributed by atoms with Crippen molar-refractivity contribution >= 4 is 0 Å². The summed E-state index contributed by atoms with van der Waals surface area (Å²) in [5.74, 6) is 0.237. The van der Waals surface area contributed by atoms with Gasteiger partial charge in [0, 0.05) is 6.04 Å². The Balaban J connectivity index is 2.44.